The van der Waals surface area contributed by atoms with Crippen LogP contribution >= 0.6 is 0 Å². The molecule has 1 heterocycles. The highest BCUT2D eigenvalue weighted by Crippen LogP contribution is 2.19. The van der Waals surface area contributed by atoms with E-state index in [1.807, 2.05) is 6.07 Å². The summed E-state index contributed by atoms with van der Waals surface area (Å²) in [6, 6.07) is 10.9. The molecule has 0 radical (unpaired) electrons. The van der Waals surface area contributed by atoms with Gasteiger partial charge in [0.05, 0.1) is 0 Å². The zero-order valence-electron chi connectivity index (χ0n) is 8.39. The molecule has 1 aliphatic rings. The van der Waals surface area contributed by atoms with Crippen molar-refractivity contribution < 1.29 is 5.21 Å². The van der Waals surface area contributed by atoms with Crippen LogP contribution < -0.4 is 0 Å². The molecule has 1 atom stereocenters. The minimum absolute atomic E-state index is 0.384. The zero-order valence-corrected chi connectivity index (χ0v) is 8.39. The highest BCUT2D eigenvalue weighted by molar-refractivity contribution is 5.14. The van der Waals surface area contributed by atoms with Crippen molar-refractivity contribution in [2.45, 2.75) is 31.7 Å². The molecule has 2 heteroatoms. The predicted octanol–water partition coefficient (Wildman–Crippen LogP) is 2.47. The molecular weight excluding hydrogens is 174 g/mol. The molecule has 76 valence electrons. The number of hydrogen-bond donors (Lipinski definition) is 1. The van der Waals surface area contributed by atoms with E-state index in [1.54, 1.807) is 0 Å². The molecule has 2 rings (SSSR count). The molecule has 0 spiro atoms. The highest BCUT2D eigenvalue weighted by Gasteiger charge is 2.21. The molecule has 1 aromatic carbocycles. The van der Waals surface area contributed by atoms with Gasteiger partial charge in [0.25, 0.3) is 0 Å². The van der Waals surface area contributed by atoms with Gasteiger partial charge in [0, 0.05) is 12.6 Å². The van der Waals surface area contributed by atoms with Gasteiger partial charge in [-0.15, -0.1) is 0 Å². The molecule has 1 aromatic rings. The van der Waals surface area contributed by atoms with Crippen LogP contribution in [-0.2, 0) is 6.42 Å². The molecule has 0 aliphatic carbocycles. The van der Waals surface area contributed by atoms with E-state index < -0.39 is 0 Å². The van der Waals surface area contributed by atoms with Crippen LogP contribution in [0.4, 0.5) is 0 Å². The second kappa shape index (κ2) is 4.58. The average molecular weight is 191 g/mol. The normalized spacial score (nSPS) is 22.8. The lowest BCUT2D eigenvalue weighted by Gasteiger charge is -2.16. The largest absolute Gasteiger partial charge is 0.314 e. The van der Waals surface area contributed by atoms with Crippen LogP contribution in [0.2, 0.25) is 0 Å². The van der Waals surface area contributed by atoms with Crippen LogP contribution in [0.3, 0.4) is 0 Å². The lowest BCUT2D eigenvalue weighted by atomic mass is 10.0. The number of nitrogens with zero attached hydrogens (tertiary/aromatic N) is 1. The first-order valence-electron chi connectivity index (χ1n) is 5.36. The third-order valence-corrected chi connectivity index (χ3v) is 2.96. The second-order valence-electron chi connectivity index (χ2n) is 3.98. The Labute approximate surface area is 85.1 Å². The summed E-state index contributed by atoms with van der Waals surface area (Å²) >= 11 is 0. The van der Waals surface area contributed by atoms with Crippen molar-refractivity contribution in [2.75, 3.05) is 6.54 Å². The van der Waals surface area contributed by atoms with Crippen LogP contribution in [-0.4, -0.2) is 22.9 Å². The standard InChI is InChI=1S/C12H17NO/c14-13-10-4-7-12(13)9-8-11-5-2-1-3-6-11/h1-3,5-6,12,14H,4,7-10H2. The van der Waals surface area contributed by atoms with Crippen molar-refractivity contribution in [1.29, 1.82) is 0 Å². The van der Waals surface area contributed by atoms with Crippen LogP contribution in [0.1, 0.15) is 24.8 Å². The molecule has 1 aliphatic heterocycles. The summed E-state index contributed by atoms with van der Waals surface area (Å²) in [5.74, 6) is 0. The van der Waals surface area contributed by atoms with Gasteiger partial charge < -0.3 is 5.21 Å². The zero-order chi connectivity index (χ0) is 9.80. The van der Waals surface area contributed by atoms with Crippen molar-refractivity contribution in [3.8, 4) is 0 Å². The van der Waals surface area contributed by atoms with Crippen LogP contribution in [0.25, 0.3) is 0 Å². The van der Waals surface area contributed by atoms with Gasteiger partial charge in [-0.05, 0) is 31.2 Å². The van der Waals surface area contributed by atoms with Gasteiger partial charge in [0.15, 0.2) is 0 Å². The minimum Gasteiger partial charge on any atom is -0.314 e. The Morgan fingerprint density at radius 1 is 1.29 bits per heavy atom. The maximum Gasteiger partial charge on any atom is 0.0353 e. The summed E-state index contributed by atoms with van der Waals surface area (Å²) < 4.78 is 0. The first-order valence-corrected chi connectivity index (χ1v) is 5.36. The summed E-state index contributed by atoms with van der Waals surface area (Å²) in [7, 11) is 0. The Kier molecular flexibility index (Phi) is 3.17. The summed E-state index contributed by atoms with van der Waals surface area (Å²) in [5, 5.41) is 11.0. The van der Waals surface area contributed by atoms with E-state index >= 15 is 0 Å². The van der Waals surface area contributed by atoms with E-state index in [0.717, 1.165) is 32.2 Å². The van der Waals surface area contributed by atoms with Gasteiger partial charge >= 0.3 is 0 Å². The van der Waals surface area contributed by atoms with Gasteiger partial charge in [-0.1, -0.05) is 30.3 Å². The van der Waals surface area contributed by atoms with Crippen LogP contribution in [0.5, 0.6) is 0 Å². The van der Waals surface area contributed by atoms with Gasteiger partial charge in [-0.3, -0.25) is 0 Å². The van der Waals surface area contributed by atoms with E-state index in [1.165, 1.54) is 10.6 Å². The summed E-state index contributed by atoms with van der Waals surface area (Å²) in [5.41, 5.74) is 1.37. The molecule has 0 aromatic heterocycles. The van der Waals surface area contributed by atoms with Crippen molar-refractivity contribution in [1.82, 2.24) is 5.06 Å². The van der Waals surface area contributed by atoms with E-state index in [4.69, 9.17) is 0 Å². The molecular formula is C12H17NO. The predicted molar refractivity (Wildman–Crippen MR) is 56.3 cm³/mol. The number of rotatable bonds is 3. The van der Waals surface area contributed by atoms with Crippen molar-refractivity contribution >= 4 is 0 Å². The first kappa shape index (κ1) is 9.69. The number of hydrogen-bond acceptors (Lipinski definition) is 2. The van der Waals surface area contributed by atoms with E-state index in [2.05, 4.69) is 24.3 Å². The third kappa shape index (κ3) is 2.34. The summed E-state index contributed by atoms with van der Waals surface area (Å²) in [6.07, 6.45) is 4.42. The molecule has 2 nitrogen and oxygen atoms in total. The fraction of sp³-hybridized carbons (Fsp3) is 0.500. The number of hydroxylamine groups is 2. The monoisotopic (exact) mass is 191 g/mol. The molecule has 0 bridgehead atoms. The maximum absolute atomic E-state index is 9.50. The van der Waals surface area contributed by atoms with E-state index in [9.17, 15) is 5.21 Å². The molecule has 1 saturated heterocycles. The smallest absolute Gasteiger partial charge is 0.0353 e. The van der Waals surface area contributed by atoms with Gasteiger partial charge in [0.1, 0.15) is 0 Å². The Bertz CT molecular complexity index is 273. The Morgan fingerprint density at radius 2 is 2.07 bits per heavy atom. The van der Waals surface area contributed by atoms with Gasteiger partial charge in [0.2, 0.25) is 0 Å². The first-order chi connectivity index (χ1) is 6.86. The Balaban J connectivity index is 1.82. The molecule has 0 saturated carbocycles. The lowest BCUT2D eigenvalue weighted by Crippen LogP contribution is -2.25. The molecule has 1 N–H and O–H groups in total. The number of aryl methyl sites for hydroxylation is 1. The van der Waals surface area contributed by atoms with Gasteiger partial charge in [-0.25, -0.2) is 0 Å². The molecule has 1 unspecified atom stereocenters. The Morgan fingerprint density at radius 3 is 2.71 bits per heavy atom. The van der Waals surface area contributed by atoms with Crippen LogP contribution in [0, 0.1) is 0 Å². The molecule has 0 amide bonds. The average Bonchev–Trinajstić information content (AvgIpc) is 2.63. The topological polar surface area (TPSA) is 23.5 Å². The van der Waals surface area contributed by atoms with E-state index in [-0.39, 0.29) is 0 Å². The van der Waals surface area contributed by atoms with Crippen molar-refractivity contribution in [3.63, 3.8) is 0 Å². The van der Waals surface area contributed by atoms with Crippen molar-refractivity contribution in [2.24, 2.45) is 0 Å². The van der Waals surface area contributed by atoms with E-state index in [0.29, 0.717) is 6.04 Å². The van der Waals surface area contributed by atoms with Crippen LogP contribution in [0.15, 0.2) is 30.3 Å². The van der Waals surface area contributed by atoms with Crippen molar-refractivity contribution in [3.05, 3.63) is 35.9 Å². The quantitative estimate of drug-likeness (QED) is 0.793. The lowest BCUT2D eigenvalue weighted by molar-refractivity contribution is -0.104. The SMILES string of the molecule is ON1CCCC1CCc1ccccc1. The fourth-order valence-electron chi connectivity index (χ4n) is 2.09. The third-order valence-electron chi connectivity index (χ3n) is 2.96. The molecule has 14 heavy (non-hydrogen) atoms. The summed E-state index contributed by atoms with van der Waals surface area (Å²) in [4.78, 5) is 0. The highest BCUT2D eigenvalue weighted by atomic mass is 16.5. The number of benzene rings is 1. The maximum atomic E-state index is 9.50. The Hall–Kier alpha value is -0.860. The fourth-order valence-corrected chi connectivity index (χ4v) is 2.09. The second-order valence-corrected chi connectivity index (χ2v) is 3.98. The minimum atomic E-state index is 0.384. The summed E-state index contributed by atoms with van der Waals surface area (Å²) in [6.45, 7) is 0.847. The molecule has 1 fully saturated rings. The van der Waals surface area contributed by atoms with Gasteiger partial charge in [-0.2, -0.15) is 5.06 Å².